The lowest BCUT2D eigenvalue weighted by atomic mass is 10.2. The van der Waals surface area contributed by atoms with E-state index in [0.717, 1.165) is 22.2 Å². The van der Waals surface area contributed by atoms with E-state index in [1.165, 1.54) is 0 Å². The zero-order valence-corrected chi connectivity index (χ0v) is 14.3. The molecule has 6 heteroatoms. The fraction of sp³-hybridized carbons (Fsp3) is 0.200. The fourth-order valence-electron chi connectivity index (χ4n) is 2.57. The summed E-state index contributed by atoms with van der Waals surface area (Å²) in [6.07, 6.45) is 2.24. The number of aromatic nitrogens is 1. The van der Waals surface area contributed by atoms with Crippen LogP contribution in [0.15, 0.2) is 60.8 Å². The Bertz CT molecular complexity index is 874. The molecule has 0 aliphatic carbocycles. The van der Waals surface area contributed by atoms with E-state index in [4.69, 9.17) is 4.74 Å². The van der Waals surface area contributed by atoms with Crippen LogP contribution < -0.4 is 10.6 Å². The minimum atomic E-state index is -0.479. The number of amides is 2. The molecule has 0 aliphatic rings. The third-order valence-electron chi connectivity index (χ3n) is 3.90. The Balaban J connectivity index is 1.32. The zero-order chi connectivity index (χ0) is 18.2. The van der Waals surface area contributed by atoms with Gasteiger partial charge in [0.2, 0.25) is 5.91 Å². The fourth-order valence-corrected chi connectivity index (χ4v) is 2.57. The van der Waals surface area contributed by atoms with E-state index in [1.807, 2.05) is 60.8 Å². The van der Waals surface area contributed by atoms with Crippen LogP contribution in [0.1, 0.15) is 18.4 Å². The summed E-state index contributed by atoms with van der Waals surface area (Å²) in [5, 5.41) is 6.56. The highest BCUT2D eigenvalue weighted by atomic mass is 16.5. The number of nitrogens with one attached hydrogen (secondary N) is 3. The van der Waals surface area contributed by atoms with Crippen molar-refractivity contribution in [1.82, 2.24) is 10.3 Å². The number of fused-ring (bicyclic) bond motifs is 1. The minimum absolute atomic E-state index is 0.0839. The van der Waals surface area contributed by atoms with E-state index in [-0.39, 0.29) is 12.5 Å². The maximum absolute atomic E-state index is 12.0. The Kier molecular flexibility index (Phi) is 5.88. The van der Waals surface area contributed by atoms with Crippen LogP contribution >= 0.6 is 0 Å². The Labute approximate surface area is 151 Å². The molecule has 0 saturated heterocycles. The van der Waals surface area contributed by atoms with Gasteiger partial charge in [-0.3, -0.25) is 4.79 Å². The van der Waals surface area contributed by atoms with E-state index in [1.54, 1.807) is 0 Å². The van der Waals surface area contributed by atoms with Gasteiger partial charge in [-0.05, 0) is 36.2 Å². The number of alkyl carbamates (subject to hydrolysis) is 1. The number of carbonyl (C=O) groups excluding carboxylic acids is 2. The summed E-state index contributed by atoms with van der Waals surface area (Å²) in [5.41, 5.74) is 2.72. The number of H-pyrrole nitrogens is 1. The maximum Gasteiger partial charge on any atom is 0.407 e. The van der Waals surface area contributed by atoms with Crippen molar-refractivity contribution in [3.8, 4) is 0 Å². The van der Waals surface area contributed by atoms with Crippen LogP contribution in [0.2, 0.25) is 0 Å². The van der Waals surface area contributed by atoms with Gasteiger partial charge in [-0.1, -0.05) is 30.3 Å². The molecule has 0 bridgehead atoms. The number of aromatic amines is 1. The van der Waals surface area contributed by atoms with Crippen molar-refractivity contribution in [2.45, 2.75) is 19.4 Å². The Morgan fingerprint density at radius 1 is 1.04 bits per heavy atom. The number of ether oxygens (including phenoxy) is 1. The number of carbonyl (C=O) groups is 2. The molecule has 2 aromatic carbocycles. The summed E-state index contributed by atoms with van der Waals surface area (Å²) in [7, 11) is 0. The van der Waals surface area contributed by atoms with Gasteiger partial charge in [0.1, 0.15) is 6.61 Å². The molecule has 6 nitrogen and oxygen atoms in total. The molecule has 26 heavy (non-hydrogen) atoms. The third-order valence-corrected chi connectivity index (χ3v) is 3.90. The van der Waals surface area contributed by atoms with Gasteiger partial charge < -0.3 is 20.4 Å². The van der Waals surface area contributed by atoms with Crippen molar-refractivity contribution in [3.63, 3.8) is 0 Å². The largest absolute Gasteiger partial charge is 0.445 e. The lowest BCUT2D eigenvalue weighted by Gasteiger charge is -2.08. The Morgan fingerprint density at radius 2 is 1.88 bits per heavy atom. The van der Waals surface area contributed by atoms with E-state index < -0.39 is 6.09 Å². The van der Waals surface area contributed by atoms with Crippen molar-refractivity contribution in [3.05, 3.63) is 66.4 Å². The molecular weight excluding hydrogens is 330 g/mol. The molecule has 134 valence electrons. The van der Waals surface area contributed by atoms with Crippen molar-refractivity contribution >= 4 is 28.6 Å². The van der Waals surface area contributed by atoms with Crippen LogP contribution in [-0.4, -0.2) is 23.5 Å². The first-order valence-corrected chi connectivity index (χ1v) is 8.52. The summed E-state index contributed by atoms with van der Waals surface area (Å²) in [6, 6.07) is 17.1. The van der Waals surface area contributed by atoms with Crippen molar-refractivity contribution < 1.29 is 14.3 Å². The van der Waals surface area contributed by atoms with Crippen LogP contribution in [0, 0.1) is 0 Å². The van der Waals surface area contributed by atoms with Gasteiger partial charge >= 0.3 is 6.09 Å². The van der Waals surface area contributed by atoms with Gasteiger partial charge in [-0.2, -0.15) is 0 Å². The zero-order valence-electron chi connectivity index (χ0n) is 14.3. The van der Waals surface area contributed by atoms with Crippen LogP contribution in [-0.2, 0) is 16.1 Å². The second-order valence-electron chi connectivity index (χ2n) is 5.92. The molecule has 0 atom stereocenters. The Morgan fingerprint density at radius 3 is 2.73 bits per heavy atom. The predicted octanol–water partition coefficient (Wildman–Crippen LogP) is 3.81. The first-order chi connectivity index (χ1) is 12.7. The van der Waals surface area contributed by atoms with Gasteiger partial charge in [0.05, 0.1) is 0 Å². The smallest absolute Gasteiger partial charge is 0.407 e. The molecule has 0 spiro atoms. The molecule has 1 aromatic heterocycles. The summed E-state index contributed by atoms with van der Waals surface area (Å²) < 4.78 is 5.11. The van der Waals surface area contributed by atoms with Crippen LogP contribution in [0.3, 0.4) is 0 Å². The average molecular weight is 351 g/mol. The molecule has 3 aromatic rings. The SMILES string of the molecule is O=C(CCCNC(=O)OCc1ccccc1)Nc1ccc2[nH]ccc2c1. The molecular formula is C20H21N3O3. The number of anilines is 1. The molecule has 3 N–H and O–H groups in total. The van der Waals surface area contributed by atoms with Gasteiger partial charge in [0.25, 0.3) is 0 Å². The topological polar surface area (TPSA) is 83.2 Å². The molecule has 0 unspecified atom stereocenters. The second-order valence-corrected chi connectivity index (χ2v) is 5.92. The maximum atomic E-state index is 12.0. The molecule has 1 heterocycles. The molecule has 0 aliphatic heterocycles. The number of hydrogen-bond acceptors (Lipinski definition) is 3. The van der Waals surface area contributed by atoms with Crippen molar-refractivity contribution in [2.24, 2.45) is 0 Å². The van der Waals surface area contributed by atoms with Crippen molar-refractivity contribution in [1.29, 1.82) is 0 Å². The van der Waals surface area contributed by atoms with E-state index >= 15 is 0 Å². The van der Waals surface area contributed by atoms with Crippen molar-refractivity contribution in [2.75, 3.05) is 11.9 Å². The van der Waals surface area contributed by atoms with E-state index in [9.17, 15) is 9.59 Å². The highest BCUT2D eigenvalue weighted by Crippen LogP contribution is 2.17. The van der Waals surface area contributed by atoms with Crippen LogP contribution in [0.5, 0.6) is 0 Å². The quantitative estimate of drug-likeness (QED) is 0.566. The van der Waals surface area contributed by atoms with Gasteiger partial charge in [0, 0.05) is 35.8 Å². The summed E-state index contributed by atoms with van der Waals surface area (Å²) in [6.45, 7) is 0.618. The monoisotopic (exact) mass is 351 g/mol. The number of benzene rings is 2. The number of hydrogen-bond donors (Lipinski definition) is 3. The summed E-state index contributed by atoms with van der Waals surface area (Å²) >= 11 is 0. The molecule has 2 amide bonds. The lowest BCUT2D eigenvalue weighted by Crippen LogP contribution is -2.26. The first kappa shape index (κ1) is 17.5. The van der Waals surface area contributed by atoms with Gasteiger partial charge in [-0.25, -0.2) is 4.79 Å². The second kappa shape index (κ2) is 8.71. The van der Waals surface area contributed by atoms with Crippen LogP contribution in [0.25, 0.3) is 10.9 Å². The highest BCUT2D eigenvalue weighted by Gasteiger charge is 2.05. The molecule has 0 fully saturated rings. The highest BCUT2D eigenvalue weighted by molar-refractivity contribution is 5.93. The minimum Gasteiger partial charge on any atom is -0.445 e. The number of rotatable bonds is 7. The van der Waals surface area contributed by atoms with Gasteiger partial charge in [-0.15, -0.1) is 0 Å². The summed E-state index contributed by atoms with van der Waals surface area (Å²) in [5.74, 6) is -0.0839. The first-order valence-electron chi connectivity index (χ1n) is 8.52. The predicted molar refractivity (Wildman–Crippen MR) is 101 cm³/mol. The standard InChI is InChI=1S/C20H21N3O3/c24-19(23-17-8-9-18-16(13-17)10-12-21-18)7-4-11-22-20(25)26-14-15-5-2-1-3-6-15/h1-3,5-6,8-10,12-13,21H,4,7,11,14H2,(H,22,25)(H,23,24). The summed E-state index contributed by atoms with van der Waals surface area (Å²) in [4.78, 5) is 26.7. The molecule has 3 rings (SSSR count). The van der Waals surface area contributed by atoms with Crippen LogP contribution in [0.4, 0.5) is 10.5 Å². The lowest BCUT2D eigenvalue weighted by molar-refractivity contribution is -0.116. The third kappa shape index (κ3) is 5.11. The Hall–Kier alpha value is -3.28. The van der Waals surface area contributed by atoms with Gasteiger partial charge in [0.15, 0.2) is 0 Å². The average Bonchev–Trinajstić information content (AvgIpc) is 3.12. The normalized spacial score (nSPS) is 10.5. The molecule has 0 radical (unpaired) electrons. The molecule has 0 saturated carbocycles. The van der Waals surface area contributed by atoms with E-state index in [0.29, 0.717) is 19.4 Å². The van der Waals surface area contributed by atoms with E-state index in [2.05, 4.69) is 15.6 Å².